The molecule has 3 rings (SSSR count). The summed E-state index contributed by atoms with van der Waals surface area (Å²) in [7, 11) is 1.53. The Bertz CT molecular complexity index is 938. The van der Waals surface area contributed by atoms with Crippen molar-refractivity contribution in [3.05, 3.63) is 58.6 Å². The van der Waals surface area contributed by atoms with E-state index in [0.717, 1.165) is 5.56 Å². The molecular formula is C23H28ClN3O5. The molecule has 3 N–H and O–H groups in total. The number of aliphatic hydroxyl groups is 1. The molecule has 2 amide bonds. The van der Waals surface area contributed by atoms with Crippen molar-refractivity contribution < 1.29 is 24.2 Å². The summed E-state index contributed by atoms with van der Waals surface area (Å²) in [5.41, 5.74) is 7.00. The molecule has 1 heterocycles. The fourth-order valence-electron chi connectivity index (χ4n) is 3.56. The Morgan fingerprint density at radius 3 is 2.62 bits per heavy atom. The molecule has 0 radical (unpaired) electrons. The molecule has 2 aromatic carbocycles. The third-order valence-electron chi connectivity index (χ3n) is 5.22. The predicted molar refractivity (Wildman–Crippen MR) is 121 cm³/mol. The lowest BCUT2D eigenvalue weighted by atomic mass is 10.1. The minimum atomic E-state index is -0.880. The molecule has 1 atom stereocenters. The van der Waals surface area contributed by atoms with Crippen LogP contribution in [0, 0.1) is 0 Å². The number of aliphatic hydroxyl groups excluding tert-OH is 1. The summed E-state index contributed by atoms with van der Waals surface area (Å²) in [5.74, 6) is 0.457. The Kier molecular flexibility index (Phi) is 8.33. The second kappa shape index (κ2) is 11.2. The number of benzene rings is 2. The number of carbonyl (C=O) groups is 2. The molecule has 172 valence electrons. The number of nitrogens with zero attached hydrogens (tertiary/aromatic N) is 2. The minimum Gasteiger partial charge on any atom is -0.497 e. The van der Waals surface area contributed by atoms with Gasteiger partial charge in [0.1, 0.15) is 24.2 Å². The van der Waals surface area contributed by atoms with Crippen LogP contribution in [-0.2, 0) is 22.6 Å². The highest BCUT2D eigenvalue weighted by Gasteiger charge is 2.26. The van der Waals surface area contributed by atoms with E-state index in [9.17, 15) is 14.7 Å². The van der Waals surface area contributed by atoms with Crippen molar-refractivity contribution in [3.63, 3.8) is 0 Å². The number of carbonyl (C=O) groups excluding carboxylic acids is 2. The van der Waals surface area contributed by atoms with E-state index in [4.69, 9.17) is 26.8 Å². The summed E-state index contributed by atoms with van der Waals surface area (Å²) >= 11 is 5.92. The lowest BCUT2D eigenvalue weighted by molar-refractivity contribution is -0.138. The number of piperazine rings is 1. The molecule has 0 unspecified atom stereocenters. The van der Waals surface area contributed by atoms with Gasteiger partial charge in [-0.15, -0.1) is 0 Å². The topological polar surface area (TPSA) is 105 Å². The van der Waals surface area contributed by atoms with E-state index >= 15 is 0 Å². The van der Waals surface area contributed by atoms with Crippen molar-refractivity contribution in [2.45, 2.75) is 19.1 Å². The van der Waals surface area contributed by atoms with Crippen molar-refractivity contribution in [1.29, 1.82) is 0 Å². The number of halogens is 1. The molecule has 32 heavy (non-hydrogen) atoms. The van der Waals surface area contributed by atoms with Crippen molar-refractivity contribution in [1.82, 2.24) is 9.80 Å². The molecule has 0 saturated carbocycles. The molecular weight excluding hydrogens is 434 g/mol. The number of ether oxygens (including phenoxy) is 2. The number of hydrogen-bond acceptors (Lipinski definition) is 6. The highest BCUT2D eigenvalue weighted by atomic mass is 35.5. The summed E-state index contributed by atoms with van der Waals surface area (Å²) in [6.45, 7) is 2.33. The van der Waals surface area contributed by atoms with E-state index in [2.05, 4.69) is 4.90 Å². The summed E-state index contributed by atoms with van der Waals surface area (Å²) < 4.78 is 10.9. The van der Waals surface area contributed by atoms with Crippen LogP contribution in [0.15, 0.2) is 42.5 Å². The van der Waals surface area contributed by atoms with E-state index < -0.39 is 12.0 Å². The monoisotopic (exact) mass is 461 g/mol. The van der Waals surface area contributed by atoms with Gasteiger partial charge in [-0.3, -0.25) is 14.5 Å². The van der Waals surface area contributed by atoms with Crippen LogP contribution in [0.2, 0.25) is 5.02 Å². The van der Waals surface area contributed by atoms with Gasteiger partial charge < -0.3 is 25.2 Å². The number of β-amino-alcohol motifs (C(OH)–C–C–N with tert-alkyl or cyclic N) is 1. The Morgan fingerprint density at radius 2 is 1.97 bits per heavy atom. The molecule has 1 saturated heterocycles. The normalized spacial score (nSPS) is 15.5. The van der Waals surface area contributed by atoms with Gasteiger partial charge in [0.2, 0.25) is 11.8 Å². The number of methoxy groups -OCH3 is 1. The number of nitrogens with two attached hydrogens (primary N) is 1. The van der Waals surface area contributed by atoms with E-state index in [0.29, 0.717) is 41.7 Å². The van der Waals surface area contributed by atoms with Gasteiger partial charge in [0.15, 0.2) is 0 Å². The van der Waals surface area contributed by atoms with Crippen LogP contribution in [0.1, 0.15) is 11.1 Å². The fraction of sp³-hybridized carbons (Fsp3) is 0.391. The van der Waals surface area contributed by atoms with Crippen LogP contribution < -0.4 is 15.2 Å². The van der Waals surface area contributed by atoms with Crippen LogP contribution in [0.25, 0.3) is 0 Å². The highest BCUT2D eigenvalue weighted by molar-refractivity contribution is 6.30. The summed E-state index contributed by atoms with van der Waals surface area (Å²) in [5, 5.41) is 11.1. The van der Waals surface area contributed by atoms with Crippen molar-refractivity contribution >= 4 is 23.4 Å². The molecule has 1 aliphatic heterocycles. The second-order valence-corrected chi connectivity index (χ2v) is 8.19. The van der Waals surface area contributed by atoms with Gasteiger partial charge in [0, 0.05) is 42.8 Å². The Labute approximate surface area is 192 Å². The minimum absolute atomic E-state index is 0.0173. The zero-order valence-electron chi connectivity index (χ0n) is 18.0. The van der Waals surface area contributed by atoms with Crippen molar-refractivity contribution in [2.24, 2.45) is 5.73 Å². The van der Waals surface area contributed by atoms with Crippen molar-refractivity contribution in [2.75, 3.05) is 39.9 Å². The van der Waals surface area contributed by atoms with Crippen LogP contribution in [0.5, 0.6) is 11.5 Å². The Morgan fingerprint density at radius 1 is 1.22 bits per heavy atom. The first-order chi connectivity index (χ1) is 15.3. The zero-order chi connectivity index (χ0) is 23.1. The first-order valence-corrected chi connectivity index (χ1v) is 10.7. The molecule has 1 fully saturated rings. The smallest absolute Gasteiger partial charge is 0.236 e. The fourth-order valence-corrected chi connectivity index (χ4v) is 3.68. The van der Waals surface area contributed by atoms with E-state index in [-0.39, 0.29) is 32.0 Å². The third-order valence-corrected chi connectivity index (χ3v) is 5.47. The quantitative estimate of drug-likeness (QED) is 0.555. The molecule has 0 spiro atoms. The van der Waals surface area contributed by atoms with E-state index in [1.807, 2.05) is 24.3 Å². The van der Waals surface area contributed by atoms with Crippen LogP contribution in [0.3, 0.4) is 0 Å². The molecule has 9 heteroatoms. The molecule has 8 nitrogen and oxygen atoms in total. The standard InChI is InChI=1S/C23H28ClN3O5/c1-31-20-7-4-17(10-22(25)29)21(11-20)32-15-19(28)13-27-9-8-26(14-23(27)30)12-16-2-5-18(24)6-3-16/h2-7,11,19,28H,8-10,12-15H2,1H3,(H2,25,29)/t19-/m0/s1. The first kappa shape index (κ1) is 23.8. The molecule has 2 aromatic rings. The molecule has 0 aromatic heterocycles. The molecule has 0 bridgehead atoms. The highest BCUT2D eigenvalue weighted by Crippen LogP contribution is 2.25. The predicted octanol–water partition coefficient (Wildman–Crippen LogP) is 1.46. The van der Waals surface area contributed by atoms with E-state index in [1.54, 1.807) is 23.1 Å². The molecule has 1 aliphatic rings. The average Bonchev–Trinajstić information content (AvgIpc) is 2.76. The number of rotatable bonds is 10. The van der Waals surface area contributed by atoms with Crippen LogP contribution in [0.4, 0.5) is 0 Å². The van der Waals surface area contributed by atoms with Gasteiger partial charge in [0.05, 0.1) is 20.1 Å². The largest absolute Gasteiger partial charge is 0.497 e. The van der Waals surface area contributed by atoms with Gasteiger partial charge >= 0.3 is 0 Å². The Balaban J connectivity index is 1.50. The van der Waals surface area contributed by atoms with Gasteiger partial charge in [-0.25, -0.2) is 0 Å². The van der Waals surface area contributed by atoms with Crippen LogP contribution >= 0.6 is 11.6 Å². The lowest BCUT2D eigenvalue weighted by Gasteiger charge is -2.35. The number of amides is 2. The van der Waals surface area contributed by atoms with Crippen LogP contribution in [-0.4, -0.2) is 72.7 Å². The van der Waals surface area contributed by atoms with Crippen molar-refractivity contribution in [3.8, 4) is 11.5 Å². The maximum Gasteiger partial charge on any atom is 0.236 e. The van der Waals surface area contributed by atoms with E-state index in [1.165, 1.54) is 7.11 Å². The summed E-state index contributed by atoms with van der Waals surface area (Å²) in [4.78, 5) is 27.6. The van der Waals surface area contributed by atoms with Gasteiger partial charge in [-0.05, 0) is 23.8 Å². The third kappa shape index (κ3) is 6.85. The van der Waals surface area contributed by atoms with Gasteiger partial charge in [-0.2, -0.15) is 0 Å². The number of primary amides is 1. The first-order valence-electron chi connectivity index (χ1n) is 10.3. The average molecular weight is 462 g/mol. The maximum atomic E-state index is 12.6. The summed E-state index contributed by atoms with van der Waals surface area (Å²) in [6.07, 6.45) is -0.863. The number of hydrogen-bond donors (Lipinski definition) is 2. The lowest BCUT2D eigenvalue weighted by Crippen LogP contribution is -2.52. The molecule has 0 aliphatic carbocycles. The maximum absolute atomic E-state index is 12.6. The Hall–Kier alpha value is -2.81. The second-order valence-electron chi connectivity index (χ2n) is 7.76. The van der Waals surface area contributed by atoms with Gasteiger partial charge in [-0.1, -0.05) is 29.8 Å². The SMILES string of the molecule is COc1ccc(CC(N)=O)c(OC[C@@H](O)CN2CCN(Cc3ccc(Cl)cc3)CC2=O)c1. The van der Waals surface area contributed by atoms with Gasteiger partial charge in [0.25, 0.3) is 0 Å². The summed E-state index contributed by atoms with van der Waals surface area (Å²) in [6, 6.07) is 12.6. The zero-order valence-corrected chi connectivity index (χ0v) is 18.8.